The normalized spacial score (nSPS) is 9.80. The van der Waals surface area contributed by atoms with Crippen molar-refractivity contribution in [2.75, 3.05) is 0 Å². The molecule has 0 aliphatic rings. The molecule has 0 aromatic carbocycles. The summed E-state index contributed by atoms with van der Waals surface area (Å²) in [6, 6.07) is 0. The van der Waals surface area contributed by atoms with Gasteiger partial charge in [-0.3, -0.25) is 9.59 Å². The van der Waals surface area contributed by atoms with Gasteiger partial charge in [0.2, 0.25) is 0 Å². The van der Waals surface area contributed by atoms with E-state index in [1.165, 1.54) is 26.2 Å². The van der Waals surface area contributed by atoms with Crippen molar-refractivity contribution in [2.24, 2.45) is 0 Å². The lowest BCUT2D eigenvalue weighted by atomic mass is 10.4. The van der Waals surface area contributed by atoms with E-state index >= 15 is 0 Å². The van der Waals surface area contributed by atoms with Gasteiger partial charge in [-0.15, -0.1) is 0 Å². The Labute approximate surface area is 114 Å². The Balaban J connectivity index is 0.000000200. The Hall–Kier alpha value is -2.32. The van der Waals surface area contributed by atoms with Gasteiger partial charge in [0.1, 0.15) is 0 Å². The molecule has 2 aromatic rings. The number of aromatic amines is 2. The van der Waals surface area contributed by atoms with Crippen LogP contribution >= 0.6 is 0 Å². The summed E-state index contributed by atoms with van der Waals surface area (Å²) >= 11 is 0. The standard InChI is InChI=1S/2C6H8N2O2/c2*1-4(10)6-7-2-5(3-9)8-6/h2*2,9H,3H2,1H3,(H,7,8). The first-order valence-electron chi connectivity index (χ1n) is 5.79. The Morgan fingerprint density at radius 1 is 0.950 bits per heavy atom. The second-order valence-corrected chi connectivity index (χ2v) is 3.94. The van der Waals surface area contributed by atoms with Crippen LogP contribution in [-0.4, -0.2) is 41.7 Å². The zero-order valence-corrected chi connectivity index (χ0v) is 11.2. The van der Waals surface area contributed by atoms with Gasteiger partial charge in [-0.1, -0.05) is 0 Å². The van der Waals surface area contributed by atoms with E-state index in [0.29, 0.717) is 23.0 Å². The minimum absolute atomic E-state index is 0.111. The van der Waals surface area contributed by atoms with Gasteiger partial charge in [0.25, 0.3) is 0 Å². The van der Waals surface area contributed by atoms with Crippen molar-refractivity contribution in [3.63, 3.8) is 0 Å². The molecular formula is C12H16N4O4. The monoisotopic (exact) mass is 280 g/mol. The smallest absolute Gasteiger partial charge is 0.194 e. The van der Waals surface area contributed by atoms with E-state index in [-0.39, 0.29) is 24.8 Å². The molecule has 2 rings (SSSR count). The van der Waals surface area contributed by atoms with Gasteiger partial charge < -0.3 is 20.2 Å². The highest BCUT2D eigenvalue weighted by Crippen LogP contribution is 1.97. The Morgan fingerprint density at radius 2 is 1.30 bits per heavy atom. The Kier molecular flexibility index (Phi) is 5.75. The zero-order chi connectivity index (χ0) is 15.1. The van der Waals surface area contributed by atoms with Gasteiger partial charge in [-0.05, 0) is 0 Å². The largest absolute Gasteiger partial charge is 0.390 e. The van der Waals surface area contributed by atoms with E-state index < -0.39 is 0 Å². The van der Waals surface area contributed by atoms with Gasteiger partial charge >= 0.3 is 0 Å². The van der Waals surface area contributed by atoms with E-state index in [0.717, 1.165) is 0 Å². The second-order valence-electron chi connectivity index (χ2n) is 3.94. The highest BCUT2D eigenvalue weighted by molar-refractivity contribution is 5.90. The topological polar surface area (TPSA) is 132 Å². The number of nitrogens with one attached hydrogen (secondary N) is 2. The predicted molar refractivity (Wildman–Crippen MR) is 69.0 cm³/mol. The summed E-state index contributed by atoms with van der Waals surface area (Å²) in [5, 5.41) is 17.1. The van der Waals surface area contributed by atoms with Crippen LogP contribution in [0.3, 0.4) is 0 Å². The summed E-state index contributed by atoms with van der Waals surface area (Å²) in [4.78, 5) is 33.9. The molecule has 0 aliphatic heterocycles. The highest BCUT2D eigenvalue weighted by Gasteiger charge is 2.03. The van der Waals surface area contributed by atoms with Crippen LogP contribution in [0, 0.1) is 0 Å². The molecule has 8 heteroatoms. The third-order valence-corrected chi connectivity index (χ3v) is 2.26. The molecule has 0 unspecified atom stereocenters. The Morgan fingerprint density at radius 3 is 1.45 bits per heavy atom. The quantitative estimate of drug-likeness (QED) is 0.592. The molecule has 8 nitrogen and oxygen atoms in total. The van der Waals surface area contributed by atoms with Crippen LogP contribution in [0.4, 0.5) is 0 Å². The molecule has 0 saturated heterocycles. The van der Waals surface area contributed by atoms with Gasteiger partial charge in [-0.25, -0.2) is 9.97 Å². The number of carbonyl (C=O) groups is 2. The fourth-order valence-electron chi connectivity index (χ4n) is 1.24. The molecule has 0 bridgehead atoms. The number of Topliss-reactive ketones (excluding diaryl/α,β-unsaturated/α-hetero) is 2. The molecule has 2 heterocycles. The lowest BCUT2D eigenvalue weighted by Crippen LogP contribution is -1.94. The number of aromatic nitrogens is 4. The fourth-order valence-corrected chi connectivity index (χ4v) is 1.24. The number of nitrogens with zero attached hydrogens (tertiary/aromatic N) is 2. The highest BCUT2D eigenvalue weighted by atomic mass is 16.3. The van der Waals surface area contributed by atoms with Crippen molar-refractivity contribution in [3.8, 4) is 0 Å². The summed E-state index contributed by atoms with van der Waals surface area (Å²) in [5.41, 5.74) is 1.12. The minimum Gasteiger partial charge on any atom is -0.390 e. The van der Waals surface area contributed by atoms with Crippen LogP contribution in [0.2, 0.25) is 0 Å². The zero-order valence-electron chi connectivity index (χ0n) is 11.2. The molecule has 0 atom stereocenters. The molecule has 108 valence electrons. The maximum atomic E-state index is 10.6. The average Bonchev–Trinajstić information content (AvgIpc) is 3.08. The number of ketones is 2. The molecule has 2 aromatic heterocycles. The van der Waals surface area contributed by atoms with Crippen LogP contribution in [0.1, 0.15) is 46.5 Å². The van der Waals surface area contributed by atoms with Gasteiger partial charge in [-0.2, -0.15) is 0 Å². The summed E-state index contributed by atoms with van der Waals surface area (Å²) in [6.45, 7) is 2.61. The number of aliphatic hydroxyl groups excluding tert-OH is 2. The van der Waals surface area contributed by atoms with E-state index in [4.69, 9.17) is 10.2 Å². The first-order valence-corrected chi connectivity index (χ1v) is 5.79. The van der Waals surface area contributed by atoms with Crippen molar-refractivity contribution in [1.82, 2.24) is 19.9 Å². The first kappa shape index (κ1) is 15.7. The maximum Gasteiger partial charge on any atom is 0.194 e. The van der Waals surface area contributed by atoms with Crippen molar-refractivity contribution in [3.05, 3.63) is 35.4 Å². The van der Waals surface area contributed by atoms with E-state index in [1.807, 2.05) is 0 Å². The predicted octanol–water partition coefficient (Wildman–Crippen LogP) is 0.209. The number of rotatable bonds is 4. The summed E-state index contributed by atoms with van der Waals surface area (Å²) in [6.07, 6.45) is 2.88. The van der Waals surface area contributed by atoms with Crippen LogP contribution in [0.15, 0.2) is 12.4 Å². The third-order valence-electron chi connectivity index (χ3n) is 2.26. The van der Waals surface area contributed by atoms with Crippen LogP contribution in [-0.2, 0) is 13.2 Å². The van der Waals surface area contributed by atoms with Gasteiger partial charge in [0, 0.05) is 13.8 Å². The molecule has 0 amide bonds. The fraction of sp³-hybridized carbons (Fsp3) is 0.333. The number of hydrogen-bond acceptors (Lipinski definition) is 6. The second kappa shape index (κ2) is 7.31. The summed E-state index contributed by atoms with van der Waals surface area (Å²) in [5.74, 6) is 0.340. The molecule has 0 spiro atoms. The van der Waals surface area contributed by atoms with Crippen molar-refractivity contribution < 1.29 is 19.8 Å². The molecule has 4 N–H and O–H groups in total. The van der Waals surface area contributed by atoms with Crippen molar-refractivity contribution >= 4 is 11.6 Å². The average molecular weight is 280 g/mol. The first-order chi connectivity index (χ1) is 9.47. The van der Waals surface area contributed by atoms with Crippen molar-refractivity contribution in [2.45, 2.75) is 27.1 Å². The lowest BCUT2D eigenvalue weighted by Gasteiger charge is -1.85. The van der Waals surface area contributed by atoms with Crippen molar-refractivity contribution in [1.29, 1.82) is 0 Å². The molecule has 20 heavy (non-hydrogen) atoms. The van der Waals surface area contributed by atoms with E-state index in [9.17, 15) is 9.59 Å². The molecule has 0 radical (unpaired) electrons. The SMILES string of the molecule is CC(=O)c1ncc(CO)[nH]1.CC(=O)c1ncc(CO)[nH]1. The third kappa shape index (κ3) is 4.41. The Bertz CT molecular complexity index is 536. The molecule has 0 aliphatic carbocycles. The minimum atomic E-state index is -0.125. The molecule has 0 saturated carbocycles. The van der Waals surface area contributed by atoms with Gasteiger partial charge in [0.15, 0.2) is 23.2 Å². The number of H-pyrrole nitrogens is 2. The number of hydrogen-bond donors (Lipinski definition) is 4. The maximum absolute atomic E-state index is 10.6. The van der Waals surface area contributed by atoms with E-state index in [1.54, 1.807) is 0 Å². The lowest BCUT2D eigenvalue weighted by molar-refractivity contribution is 0.0996. The van der Waals surface area contributed by atoms with Gasteiger partial charge in [0.05, 0.1) is 37.0 Å². The summed E-state index contributed by atoms with van der Waals surface area (Å²) < 4.78 is 0. The number of aliphatic hydroxyl groups is 2. The van der Waals surface area contributed by atoms with E-state index in [2.05, 4.69) is 19.9 Å². The van der Waals surface area contributed by atoms with Crippen LogP contribution in [0.5, 0.6) is 0 Å². The number of carbonyl (C=O) groups excluding carboxylic acids is 2. The van der Waals surface area contributed by atoms with Crippen LogP contribution in [0.25, 0.3) is 0 Å². The summed E-state index contributed by atoms with van der Waals surface area (Å²) in [7, 11) is 0. The number of imidazole rings is 2. The molecular weight excluding hydrogens is 264 g/mol. The van der Waals surface area contributed by atoms with Crippen LogP contribution < -0.4 is 0 Å². The molecule has 0 fully saturated rings.